The fourth-order valence-electron chi connectivity index (χ4n) is 3.76. The molecule has 1 heterocycles. The van der Waals surface area contributed by atoms with Gasteiger partial charge in [-0.3, -0.25) is 9.59 Å². The van der Waals surface area contributed by atoms with Crippen LogP contribution in [0.1, 0.15) is 33.6 Å². The van der Waals surface area contributed by atoms with E-state index in [4.69, 9.17) is 30.5 Å². The van der Waals surface area contributed by atoms with E-state index < -0.39 is 41.5 Å². The molecule has 1 fully saturated rings. The molecule has 0 bridgehead atoms. The van der Waals surface area contributed by atoms with E-state index in [1.54, 1.807) is 0 Å². The largest absolute Gasteiger partial charge is 0.462 e. The maximum atomic E-state index is 12.2. The molecule has 0 aromatic rings. The van der Waals surface area contributed by atoms with E-state index >= 15 is 0 Å². The van der Waals surface area contributed by atoms with Crippen LogP contribution < -0.4 is 0 Å². The minimum absolute atomic E-state index is 0.0187. The lowest BCUT2D eigenvalue weighted by Crippen LogP contribution is -2.58. The number of rotatable bonds is 7. The molecule has 8 nitrogen and oxygen atoms in total. The summed E-state index contributed by atoms with van der Waals surface area (Å²) in [6.45, 7) is 4.93. The van der Waals surface area contributed by atoms with E-state index in [2.05, 4.69) is 0 Å². The second-order valence-electron chi connectivity index (χ2n) is 7.50. The number of carbonyl (C=O) groups excluding carboxylic acids is 2. The molecule has 2 N–H and O–H groups in total. The number of alkyl halides is 1. The first-order valence-electron chi connectivity index (χ1n) is 8.79. The molecule has 27 heavy (non-hydrogen) atoms. The Bertz CT molecular complexity index is 606. The Morgan fingerprint density at radius 3 is 2.56 bits per heavy atom. The maximum Gasteiger partial charge on any atom is 0.309 e. The molecule has 0 aromatic heterocycles. The van der Waals surface area contributed by atoms with Gasteiger partial charge in [-0.1, -0.05) is 13.8 Å². The Hall–Kier alpha value is -1.35. The quantitative estimate of drug-likeness (QED) is 0.478. The molecule has 0 unspecified atom stereocenters. The van der Waals surface area contributed by atoms with Crippen LogP contribution in [0.25, 0.3) is 0 Å². The van der Waals surface area contributed by atoms with Gasteiger partial charge in [0.15, 0.2) is 0 Å². The molecule has 0 aromatic carbocycles. The van der Waals surface area contributed by atoms with Crippen molar-refractivity contribution in [2.24, 2.45) is 11.8 Å². The van der Waals surface area contributed by atoms with Gasteiger partial charge in [-0.2, -0.15) is 0 Å². The van der Waals surface area contributed by atoms with Crippen molar-refractivity contribution in [1.82, 2.24) is 0 Å². The van der Waals surface area contributed by atoms with Crippen LogP contribution in [0.2, 0.25) is 0 Å². The number of fused-ring (bicyclic) bond motifs is 1. The molecule has 9 heteroatoms. The van der Waals surface area contributed by atoms with Crippen molar-refractivity contribution >= 4 is 23.5 Å². The van der Waals surface area contributed by atoms with Gasteiger partial charge in [0.05, 0.1) is 24.7 Å². The first kappa shape index (κ1) is 21.9. The first-order valence-corrected chi connectivity index (χ1v) is 9.33. The van der Waals surface area contributed by atoms with E-state index in [-0.39, 0.29) is 31.2 Å². The molecule has 2 aliphatic rings. The average molecular weight is 407 g/mol. The molecular weight excluding hydrogens is 380 g/mol. The van der Waals surface area contributed by atoms with Gasteiger partial charge in [-0.15, -0.1) is 11.6 Å². The number of ether oxygens (including phenoxy) is 4. The Morgan fingerprint density at radius 2 is 2.04 bits per heavy atom. The van der Waals surface area contributed by atoms with Crippen LogP contribution in [0.4, 0.5) is 0 Å². The van der Waals surface area contributed by atoms with Gasteiger partial charge in [0.25, 0.3) is 6.29 Å². The number of hydrogen-bond acceptors (Lipinski definition) is 8. The number of esters is 2. The lowest BCUT2D eigenvalue weighted by atomic mass is 9.77. The fraction of sp³-hybridized carbons (Fsp3) is 0.778. The van der Waals surface area contributed by atoms with Gasteiger partial charge in [-0.25, -0.2) is 0 Å². The van der Waals surface area contributed by atoms with Crippen LogP contribution in [0.5, 0.6) is 0 Å². The minimum atomic E-state index is -1.86. The minimum Gasteiger partial charge on any atom is -0.462 e. The van der Waals surface area contributed by atoms with Crippen molar-refractivity contribution in [2.45, 2.75) is 57.2 Å². The van der Waals surface area contributed by atoms with Gasteiger partial charge in [0, 0.05) is 32.4 Å². The van der Waals surface area contributed by atoms with Crippen molar-refractivity contribution < 1.29 is 38.7 Å². The smallest absolute Gasteiger partial charge is 0.309 e. The van der Waals surface area contributed by atoms with Crippen molar-refractivity contribution in [3.8, 4) is 0 Å². The summed E-state index contributed by atoms with van der Waals surface area (Å²) < 4.78 is 21.2. The third kappa shape index (κ3) is 4.23. The molecule has 2 rings (SSSR count). The van der Waals surface area contributed by atoms with Gasteiger partial charge in [0.1, 0.15) is 17.3 Å². The third-order valence-electron chi connectivity index (χ3n) is 4.92. The summed E-state index contributed by atoms with van der Waals surface area (Å²) in [4.78, 5) is 23.6. The highest BCUT2D eigenvalue weighted by Gasteiger charge is 2.69. The van der Waals surface area contributed by atoms with Crippen molar-refractivity contribution in [3.63, 3.8) is 0 Å². The van der Waals surface area contributed by atoms with E-state index in [1.165, 1.54) is 20.3 Å². The molecule has 1 saturated carbocycles. The lowest BCUT2D eigenvalue weighted by Gasteiger charge is -2.43. The zero-order chi connectivity index (χ0) is 20.4. The summed E-state index contributed by atoms with van der Waals surface area (Å²) in [6, 6.07) is 0. The second-order valence-corrected chi connectivity index (χ2v) is 7.76. The molecule has 5 atom stereocenters. The number of aliphatic hydroxyl groups is 2. The molecule has 1 aliphatic heterocycles. The molecule has 0 saturated heterocycles. The van der Waals surface area contributed by atoms with Crippen LogP contribution in [0.15, 0.2) is 11.8 Å². The van der Waals surface area contributed by atoms with Gasteiger partial charge in [-0.05, 0) is 5.92 Å². The number of hydrogen-bond donors (Lipinski definition) is 2. The summed E-state index contributed by atoms with van der Waals surface area (Å²) in [5, 5.41) is 22.6. The van der Waals surface area contributed by atoms with Crippen LogP contribution in [-0.4, -0.2) is 65.3 Å². The maximum absolute atomic E-state index is 12.2. The van der Waals surface area contributed by atoms with Crippen molar-refractivity contribution in [1.29, 1.82) is 0 Å². The predicted octanol–water partition coefficient (Wildman–Crippen LogP) is 1.11. The van der Waals surface area contributed by atoms with E-state index in [1.807, 2.05) is 13.8 Å². The normalized spacial score (nSPS) is 35.3. The standard InChI is InChI=1S/C18H27ClO8/c1-10(2)5-14(21)27-16-15-17(22,12(7-24-4)8-25-16)6-13(26-11(3)20)18(15,23)9-19/h8,10,13,15-16,22-23H,5-7,9H2,1-4H3/t13-,15-,16-,17-,18+/m0/s1. The van der Waals surface area contributed by atoms with Gasteiger partial charge < -0.3 is 29.2 Å². The van der Waals surface area contributed by atoms with E-state index in [0.29, 0.717) is 5.57 Å². The van der Waals surface area contributed by atoms with Gasteiger partial charge in [0.2, 0.25) is 0 Å². The molecule has 0 spiro atoms. The summed E-state index contributed by atoms with van der Waals surface area (Å²) in [5.74, 6) is -2.62. The summed E-state index contributed by atoms with van der Waals surface area (Å²) in [6.07, 6.45) is -1.11. The zero-order valence-corrected chi connectivity index (χ0v) is 16.7. The average Bonchev–Trinajstić information content (AvgIpc) is 2.78. The lowest BCUT2D eigenvalue weighted by molar-refractivity contribution is -0.228. The highest BCUT2D eigenvalue weighted by atomic mass is 35.5. The molecule has 154 valence electrons. The van der Waals surface area contributed by atoms with Crippen LogP contribution in [-0.2, 0) is 28.5 Å². The second kappa shape index (κ2) is 8.34. The Balaban J connectivity index is 2.42. The summed E-state index contributed by atoms with van der Waals surface area (Å²) >= 11 is 6.02. The number of methoxy groups -OCH3 is 1. The zero-order valence-electron chi connectivity index (χ0n) is 15.9. The monoisotopic (exact) mass is 406 g/mol. The highest BCUT2D eigenvalue weighted by molar-refractivity contribution is 6.18. The Kier molecular flexibility index (Phi) is 6.78. The first-order chi connectivity index (χ1) is 12.6. The number of halogens is 1. The van der Waals surface area contributed by atoms with Crippen LogP contribution >= 0.6 is 11.6 Å². The third-order valence-corrected chi connectivity index (χ3v) is 5.35. The summed E-state index contributed by atoms with van der Waals surface area (Å²) in [7, 11) is 1.44. The van der Waals surface area contributed by atoms with Crippen molar-refractivity contribution in [3.05, 3.63) is 11.8 Å². The number of carbonyl (C=O) groups is 2. The fourth-order valence-corrected chi connectivity index (χ4v) is 4.09. The van der Waals surface area contributed by atoms with Gasteiger partial charge >= 0.3 is 11.9 Å². The molecule has 0 radical (unpaired) electrons. The van der Waals surface area contributed by atoms with Crippen LogP contribution in [0.3, 0.4) is 0 Å². The molecular formula is C18H27ClO8. The Labute approximate surface area is 163 Å². The Morgan fingerprint density at radius 1 is 1.37 bits per heavy atom. The van der Waals surface area contributed by atoms with Crippen LogP contribution in [0, 0.1) is 11.8 Å². The van der Waals surface area contributed by atoms with E-state index in [9.17, 15) is 19.8 Å². The van der Waals surface area contributed by atoms with Crippen molar-refractivity contribution in [2.75, 3.05) is 19.6 Å². The topological polar surface area (TPSA) is 112 Å². The molecule has 1 aliphatic carbocycles. The SMILES string of the molecule is COCC1=CO[C@@H](OC(=O)CC(C)C)[C@@H]2[C@@](O)(CCl)[C@@H](OC(C)=O)C[C@]12O. The van der Waals surface area contributed by atoms with E-state index in [0.717, 1.165) is 0 Å². The highest BCUT2D eigenvalue weighted by Crippen LogP contribution is 2.53. The summed E-state index contributed by atoms with van der Waals surface area (Å²) in [5.41, 5.74) is -3.21. The predicted molar refractivity (Wildman–Crippen MR) is 94.7 cm³/mol. The molecule has 0 amide bonds.